The summed E-state index contributed by atoms with van der Waals surface area (Å²) >= 11 is 0. The van der Waals surface area contributed by atoms with Gasteiger partial charge in [-0.3, -0.25) is 0 Å². The molecule has 0 bridgehead atoms. The van der Waals surface area contributed by atoms with E-state index in [1.807, 2.05) is 24.3 Å². The fraction of sp³-hybridized carbons (Fsp3) is 0.143. The van der Waals surface area contributed by atoms with Gasteiger partial charge < -0.3 is 14.9 Å². The first kappa shape index (κ1) is 12.9. The number of ether oxygens (including phenoxy) is 1. The third-order valence-electron chi connectivity index (χ3n) is 2.14. The van der Waals surface area contributed by atoms with Crippen LogP contribution in [0.1, 0.15) is 5.56 Å². The molecule has 0 amide bonds. The molecule has 0 radical (unpaired) electrons. The molecule has 2 N–H and O–H groups in total. The van der Waals surface area contributed by atoms with Crippen molar-refractivity contribution in [1.29, 1.82) is 0 Å². The van der Waals surface area contributed by atoms with Gasteiger partial charge in [0.25, 0.3) is 0 Å². The van der Waals surface area contributed by atoms with Crippen LogP contribution in [-0.4, -0.2) is 17.3 Å². The van der Waals surface area contributed by atoms with E-state index >= 15 is 0 Å². The zero-order chi connectivity index (χ0) is 12.7. The molecule has 0 aliphatic heterocycles. The molecule has 0 fully saturated rings. The number of para-hydroxylation sites is 2. The largest absolute Gasteiger partial charge is 0.504 e. The van der Waals surface area contributed by atoms with Crippen molar-refractivity contribution in [3.8, 4) is 17.2 Å². The smallest absolute Gasteiger partial charge is 0.157 e. The SMILES string of the molecule is COc1ccc(C)cc1.Oc1ccccc1O. The number of benzene rings is 2. The van der Waals surface area contributed by atoms with Crippen molar-refractivity contribution >= 4 is 0 Å². The maximum absolute atomic E-state index is 8.67. The zero-order valence-electron chi connectivity index (χ0n) is 9.92. The number of rotatable bonds is 1. The third kappa shape index (κ3) is 4.47. The molecule has 0 saturated carbocycles. The molecule has 2 aromatic carbocycles. The molecule has 0 unspecified atom stereocenters. The van der Waals surface area contributed by atoms with Gasteiger partial charge >= 0.3 is 0 Å². The molecule has 0 saturated heterocycles. The lowest BCUT2D eigenvalue weighted by Gasteiger charge is -1.97. The van der Waals surface area contributed by atoms with E-state index in [-0.39, 0.29) is 11.5 Å². The molecule has 3 nitrogen and oxygen atoms in total. The average Bonchev–Trinajstić information content (AvgIpc) is 2.35. The highest BCUT2D eigenvalue weighted by Gasteiger charge is 1.90. The standard InChI is InChI=1S/C8H10O.C6H6O2/c1-7-3-5-8(9-2)6-4-7;7-5-3-1-2-4-6(5)8/h3-6H,1-2H3;1-4,7-8H. The predicted molar refractivity (Wildman–Crippen MR) is 67.5 cm³/mol. The predicted octanol–water partition coefficient (Wildman–Crippen LogP) is 3.10. The maximum atomic E-state index is 8.67. The number of phenolic OH excluding ortho intramolecular Hbond substituents is 2. The summed E-state index contributed by atoms with van der Waals surface area (Å²) in [6, 6.07) is 14.1. The Balaban J connectivity index is 0.000000171. The fourth-order valence-electron chi connectivity index (χ4n) is 1.14. The van der Waals surface area contributed by atoms with Crippen LogP contribution in [0.25, 0.3) is 0 Å². The van der Waals surface area contributed by atoms with E-state index in [0.717, 1.165) is 5.75 Å². The Morgan fingerprint density at radius 1 is 0.824 bits per heavy atom. The number of aryl methyl sites for hydroxylation is 1. The van der Waals surface area contributed by atoms with E-state index in [4.69, 9.17) is 14.9 Å². The average molecular weight is 232 g/mol. The van der Waals surface area contributed by atoms with Gasteiger partial charge in [-0.05, 0) is 31.2 Å². The number of hydrogen-bond donors (Lipinski definition) is 2. The van der Waals surface area contributed by atoms with Crippen molar-refractivity contribution in [3.05, 3.63) is 54.1 Å². The van der Waals surface area contributed by atoms with Crippen LogP contribution in [0.3, 0.4) is 0 Å². The molecule has 0 spiro atoms. The first-order chi connectivity index (χ1) is 8.13. The number of methoxy groups -OCH3 is 1. The van der Waals surface area contributed by atoms with Crippen LogP contribution in [0.5, 0.6) is 17.2 Å². The Bertz CT molecular complexity index is 428. The van der Waals surface area contributed by atoms with Crippen molar-refractivity contribution in [2.45, 2.75) is 6.92 Å². The molecule has 90 valence electrons. The fourth-order valence-corrected chi connectivity index (χ4v) is 1.14. The third-order valence-corrected chi connectivity index (χ3v) is 2.14. The Morgan fingerprint density at radius 3 is 1.65 bits per heavy atom. The lowest BCUT2D eigenvalue weighted by molar-refractivity contribution is 0.404. The normalized spacial score (nSPS) is 9.06. The van der Waals surface area contributed by atoms with Gasteiger partial charge in [0.1, 0.15) is 5.75 Å². The highest BCUT2D eigenvalue weighted by Crippen LogP contribution is 2.21. The van der Waals surface area contributed by atoms with E-state index in [1.165, 1.54) is 17.7 Å². The van der Waals surface area contributed by atoms with Crippen LogP contribution >= 0.6 is 0 Å². The van der Waals surface area contributed by atoms with E-state index in [1.54, 1.807) is 19.2 Å². The molecule has 0 heterocycles. The Labute approximate surface area is 101 Å². The Kier molecular flexibility index (Phi) is 4.88. The van der Waals surface area contributed by atoms with E-state index < -0.39 is 0 Å². The summed E-state index contributed by atoms with van der Waals surface area (Å²) in [6.45, 7) is 2.06. The lowest BCUT2D eigenvalue weighted by atomic mass is 10.2. The van der Waals surface area contributed by atoms with Gasteiger partial charge in [-0.25, -0.2) is 0 Å². The second-order valence-corrected chi connectivity index (χ2v) is 3.51. The molecule has 2 aromatic rings. The van der Waals surface area contributed by atoms with Crippen LogP contribution in [0, 0.1) is 6.92 Å². The molecule has 0 atom stereocenters. The maximum Gasteiger partial charge on any atom is 0.157 e. The molecule has 0 aromatic heterocycles. The number of aromatic hydroxyl groups is 2. The topological polar surface area (TPSA) is 49.7 Å². The minimum atomic E-state index is -0.0764. The highest BCUT2D eigenvalue weighted by atomic mass is 16.5. The van der Waals surface area contributed by atoms with Gasteiger partial charge in [-0.15, -0.1) is 0 Å². The second kappa shape index (κ2) is 6.43. The van der Waals surface area contributed by atoms with E-state index in [2.05, 4.69) is 6.92 Å². The van der Waals surface area contributed by atoms with Crippen molar-refractivity contribution in [2.24, 2.45) is 0 Å². The van der Waals surface area contributed by atoms with Crippen molar-refractivity contribution in [3.63, 3.8) is 0 Å². The minimum Gasteiger partial charge on any atom is -0.504 e. The van der Waals surface area contributed by atoms with Crippen LogP contribution in [0.2, 0.25) is 0 Å². The monoisotopic (exact) mass is 232 g/mol. The molecule has 0 aliphatic carbocycles. The van der Waals surface area contributed by atoms with Crippen LogP contribution in [-0.2, 0) is 0 Å². The Morgan fingerprint density at radius 2 is 1.29 bits per heavy atom. The van der Waals surface area contributed by atoms with Crippen LogP contribution in [0.15, 0.2) is 48.5 Å². The molecule has 3 heteroatoms. The minimum absolute atomic E-state index is 0.0764. The van der Waals surface area contributed by atoms with Gasteiger partial charge in [-0.1, -0.05) is 29.8 Å². The molecule has 0 aliphatic rings. The number of phenols is 2. The summed E-state index contributed by atoms with van der Waals surface area (Å²) in [4.78, 5) is 0. The first-order valence-electron chi connectivity index (χ1n) is 5.21. The quantitative estimate of drug-likeness (QED) is 0.743. The van der Waals surface area contributed by atoms with Crippen LogP contribution < -0.4 is 4.74 Å². The van der Waals surface area contributed by atoms with Gasteiger partial charge in [0.15, 0.2) is 11.5 Å². The second-order valence-electron chi connectivity index (χ2n) is 3.51. The summed E-state index contributed by atoms with van der Waals surface area (Å²) < 4.78 is 4.97. The summed E-state index contributed by atoms with van der Waals surface area (Å²) in [5, 5.41) is 17.3. The molecule has 17 heavy (non-hydrogen) atoms. The molecular weight excluding hydrogens is 216 g/mol. The van der Waals surface area contributed by atoms with Gasteiger partial charge in [0.05, 0.1) is 7.11 Å². The number of hydrogen-bond acceptors (Lipinski definition) is 3. The molecular formula is C14H16O3. The van der Waals surface area contributed by atoms with Crippen molar-refractivity contribution in [2.75, 3.05) is 7.11 Å². The van der Waals surface area contributed by atoms with E-state index in [0.29, 0.717) is 0 Å². The zero-order valence-corrected chi connectivity index (χ0v) is 9.92. The van der Waals surface area contributed by atoms with Gasteiger partial charge in [0, 0.05) is 0 Å². The van der Waals surface area contributed by atoms with Crippen molar-refractivity contribution < 1.29 is 14.9 Å². The summed E-state index contributed by atoms with van der Waals surface area (Å²) in [5.41, 5.74) is 1.26. The molecule has 2 rings (SSSR count). The van der Waals surface area contributed by atoms with E-state index in [9.17, 15) is 0 Å². The first-order valence-corrected chi connectivity index (χ1v) is 5.21. The van der Waals surface area contributed by atoms with Crippen molar-refractivity contribution in [1.82, 2.24) is 0 Å². The van der Waals surface area contributed by atoms with Gasteiger partial charge in [-0.2, -0.15) is 0 Å². The highest BCUT2D eigenvalue weighted by molar-refractivity contribution is 5.36. The van der Waals surface area contributed by atoms with Crippen LogP contribution in [0.4, 0.5) is 0 Å². The Hall–Kier alpha value is -2.16. The summed E-state index contributed by atoms with van der Waals surface area (Å²) in [6.07, 6.45) is 0. The lowest BCUT2D eigenvalue weighted by Crippen LogP contribution is -1.80. The summed E-state index contributed by atoms with van der Waals surface area (Å²) in [7, 11) is 1.67. The van der Waals surface area contributed by atoms with Gasteiger partial charge in [0.2, 0.25) is 0 Å². The summed E-state index contributed by atoms with van der Waals surface area (Å²) in [5.74, 6) is 0.764.